The minimum absolute atomic E-state index is 0.0331. The smallest absolute Gasteiger partial charge is 0.387 e. The molecule has 11 N–H and O–H groups in total. The number of carbonyl (C=O) groups is 2. The summed E-state index contributed by atoms with van der Waals surface area (Å²) >= 11 is 0. The van der Waals surface area contributed by atoms with Crippen molar-refractivity contribution in [2.45, 2.75) is 55.5 Å². The fourth-order valence-electron chi connectivity index (χ4n) is 4.75. The van der Waals surface area contributed by atoms with Crippen molar-refractivity contribution < 1.29 is 90.1 Å². The molecule has 2 aromatic rings. The molecule has 2 aromatic heterocycles. The van der Waals surface area contributed by atoms with Gasteiger partial charge in [0, 0.05) is 12.1 Å². The molecule has 0 aliphatic carbocycles. The van der Waals surface area contributed by atoms with Crippen LogP contribution < -0.4 is 20.6 Å². The zero-order valence-corrected chi connectivity index (χ0v) is 26.6. The van der Waals surface area contributed by atoms with Gasteiger partial charge in [0.1, 0.15) is 29.4 Å². The van der Waals surface area contributed by atoms with Crippen molar-refractivity contribution in [1.82, 2.24) is 0 Å². The van der Waals surface area contributed by atoms with E-state index >= 15 is 0 Å². The first kappa shape index (κ1) is 37.3. The van der Waals surface area contributed by atoms with E-state index < -0.39 is 103 Å². The Hall–Kier alpha value is -2.55. The van der Waals surface area contributed by atoms with E-state index in [1.807, 2.05) is 0 Å². The van der Waals surface area contributed by atoms with E-state index in [4.69, 9.17) is 20.9 Å². The zero-order valence-electron chi connectivity index (χ0n) is 24.0. The van der Waals surface area contributed by atoms with Crippen LogP contribution in [-0.2, 0) is 36.3 Å². The first-order chi connectivity index (χ1) is 21.8. The predicted molar refractivity (Wildman–Crippen MR) is 149 cm³/mol. The first-order valence-electron chi connectivity index (χ1n) is 13.5. The number of amides is 2. The standard InChI is InChI=1S/C23H31N4O17P3/c24-20(32)12-3-1-6-26(9-12)22-18(30)16(28)14(41-22)5-8-45(34,35)43-47(38,39)44-46(36,37)40-11-15-17(29)19(31)23(42-15)27-7-2-4-13(10-27)21(25)33/h1-4,6-7,9-10,14-19,22-23,28-31H,5,8,11H2,(H5-2,24,25,32,33,34,35,36,37,38,39)/p+2/t14-,15-,16-,17-,18-,19-,22+,23+/m1/s1. The molecule has 47 heavy (non-hydrogen) atoms. The first-order valence-corrected chi connectivity index (χ1v) is 18.2. The summed E-state index contributed by atoms with van der Waals surface area (Å²) in [6.45, 7) is -1.00. The molecule has 2 amide bonds. The average molecular weight is 730 g/mol. The maximum Gasteiger partial charge on any atom is 0.488 e. The molecule has 0 saturated carbocycles. The van der Waals surface area contributed by atoms with Gasteiger partial charge in [-0.25, -0.2) is 13.4 Å². The largest absolute Gasteiger partial charge is 0.488 e. The van der Waals surface area contributed by atoms with Crippen LogP contribution in [0.3, 0.4) is 0 Å². The Kier molecular flexibility index (Phi) is 11.5. The molecule has 2 fully saturated rings. The van der Waals surface area contributed by atoms with Crippen molar-refractivity contribution in [2.75, 3.05) is 12.8 Å². The molecule has 260 valence electrons. The molecular weight excluding hydrogens is 697 g/mol. The van der Waals surface area contributed by atoms with Crippen molar-refractivity contribution in [2.24, 2.45) is 11.5 Å². The molecule has 0 bridgehead atoms. The number of carbonyl (C=O) groups excluding carboxylic acids is 2. The van der Waals surface area contributed by atoms with Crippen LogP contribution in [0.1, 0.15) is 39.6 Å². The number of phosphoric ester groups is 1. The Morgan fingerprint density at radius 1 is 0.745 bits per heavy atom. The van der Waals surface area contributed by atoms with Crippen molar-refractivity contribution in [3.8, 4) is 0 Å². The van der Waals surface area contributed by atoms with Crippen LogP contribution in [0.5, 0.6) is 0 Å². The lowest BCUT2D eigenvalue weighted by Crippen LogP contribution is -2.46. The van der Waals surface area contributed by atoms with Gasteiger partial charge in [-0.05, 0) is 18.6 Å². The van der Waals surface area contributed by atoms with Gasteiger partial charge >= 0.3 is 23.2 Å². The second kappa shape index (κ2) is 14.5. The number of aliphatic hydroxyl groups excluding tert-OH is 4. The van der Waals surface area contributed by atoms with Crippen molar-refractivity contribution >= 4 is 35.1 Å². The Morgan fingerprint density at radius 3 is 1.70 bits per heavy atom. The molecule has 4 heterocycles. The number of rotatable bonds is 14. The third-order valence-electron chi connectivity index (χ3n) is 7.01. The van der Waals surface area contributed by atoms with Crippen molar-refractivity contribution in [1.29, 1.82) is 0 Å². The van der Waals surface area contributed by atoms with Gasteiger partial charge in [-0.2, -0.15) is 13.4 Å². The minimum atomic E-state index is -5.82. The van der Waals surface area contributed by atoms with E-state index in [1.165, 1.54) is 58.2 Å². The molecule has 0 aromatic carbocycles. The highest BCUT2D eigenvalue weighted by Crippen LogP contribution is 2.67. The van der Waals surface area contributed by atoms with E-state index in [1.54, 1.807) is 0 Å². The molecule has 11 atom stereocenters. The fourth-order valence-corrected chi connectivity index (χ4v) is 8.90. The minimum Gasteiger partial charge on any atom is -0.387 e. The second-order valence-corrected chi connectivity index (χ2v) is 15.6. The van der Waals surface area contributed by atoms with Gasteiger partial charge in [-0.1, -0.05) is 0 Å². The van der Waals surface area contributed by atoms with E-state index in [9.17, 15) is 58.4 Å². The monoisotopic (exact) mass is 730 g/mol. The molecule has 2 saturated heterocycles. The lowest BCUT2D eigenvalue weighted by molar-refractivity contribution is -0.766. The Bertz CT molecular complexity index is 1520. The maximum atomic E-state index is 12.6. The lowest BCUT2D eigenvalue weighted by Gasteiger charge is -2.21. The van der Waals surface area contributed by atoms with Gasteiger partial charge in [-0.3, -0.25) is 18.7 Å². The van der Waals surface area contributed by atoms with Crippen LogP contribution in [0.15, 0.2) is 49.1 Å². The van der Waals surface area contributed by atoms with Gasteiger partial charge in [0.2, 0.25) is 0 Å². The van der Waals surface area contributed by atoms with Crippen LogP contribution in [0.25, 0.3) is 0 Å². The van der Waals surface area contributed by atoms with Crippen LogP contribution in [0, 0.1) is 0 Å². The fraction of sp³-hybridized carbons (Fsp3) is 0.478. The number of ether oxygens (including phenoxy) is 2. The normalized spacial score (nSPS) is 31.5. The molecular formula is C23H33N4O17P3+2. The molecule has 2 aliphatic rings. The highest BCUT2D eigenvalue weighted by molar-refractivity contribution is 7.68. The van der Waals surface area contributed by atoms with Crippen LogP contribution >= 0.6 is 23.2 Å². The van der Waals surface area contributed by atoms with Crippen LogP contribution in [-0.4, -0.2) is 96.3 Å². The summed E-state index contributed by atoms with van der Waals surface area (Å²) in [7, 11) is -16.5. The van der Waals surface area contributed by atoms with Gasteiger partial charge in [-0.15, -0.1) is 0 Å². The van der Waals surface area contributed by atoms with E-state index in [-0.39, 0.29) is 11.1 Å². The number of primary amides is 2. The predicted octanol–water partition coefficient (Wildman–Crippen LogP) is -2.78. The summed E-state index contributed by atoms with van der Waals surface area (Å²) in [6, 6.07) is 5.58. The number of nitrogens with two attached hydrogens (primary N) is 2. The highest BCUT2D eigenvalue weighted by Gasteiger charge is 2.51. The molecule has 2 aliphatic heterocycles. The number of phosphoric acid groups is 2. The number of hydrogen-bond donors (Lipinski definition) is 9. The van der Waals surface area contributed by atoms with Crippen molar-refractivity contribution in [3.05, 3.63) is 60.2 Å². The third-order valence-corrected chi connectivity index (χ3v) is 11.8. The molecule has 21 nitrogen and oxygen atoms in total. The van der Waals surface area contributed by atoms with Gasteiger partial charge < -0.3 is 56.0 Å². The van der Waals surface area contributed by atoms with E-state index in [0.29, 0.717) is 0 Å². The lowest BCUT2D eigenvalue weighted by atomic mass is 10.1. The second-order valence-electron chi connectivity index (χ2n) is 10.4. The van der Waals surface area contributed by atoms with Gasteiger partial charge in [0.25, 0.3) is 24.3 Å². The molecule has 3 unspecified atom stereocenters. The SMILES string of the molecule is NC(=O)c1ccc[n+]([C@H]2O[C@H](CCP(=O)(O)OP(=O)(O)OP(=O)(O)OC[C@H]3O[C@H]([n+]4cccc(C(N)=O)c4)[C@H](O)[C@@H]3O)[C@@H](O)[C@H]2O)c1. The highest BCUT2D eigenvalue weighted by atomic mass is 31.3. The molecule has 24 heteroatoms. The van der Waals surface area contributed by atoms with Crippen LogP contribution in [0.4, 0.5) is 0 Å². The summed E-state index contributed by atoms with van der Waals surface area (Å²) in [5.74, 6) is -1.58. The summed E-state index contributed by atoms with van der Waals surface area (Å²) in [6.07, 6.45) is -8.25. The summed E-state index contributed by atoms with van der Waals surface area (Å²) in [5.41, 5.74) is 10.6. The number of aromatic nitrogens is 2. The third kappa shape index (κ3) is 9.33. The quantitative estimate of drug-likeness (QED) is 0.0701. The van der Waals surface area contributed by atoms with Gasteiger partial charge in [0.05, 0.1) is 18.9 Å². The van der Waals surface area contributed by atoms with Gasteiger partial charge in [0.15, 0.2) is 37.0 Å². The Balaban J connectivity index is 1.31. The number of hydrogen-bond acceptors (Lipinski definition) is 14. The van der Waals surface area contributed by atoms with Crippen molar-refractivity contribution in [3.63, 3.8) is 0 Å². The maximum absolute atomic E-state index is 12.6. The Morgan fingerprint density at radius 2 is 1.21 bits per heavy atom. The Labute approximate surface area is 265 Å². The average Bonchev–Trinajstić information content (AvgIpc) is 3.43. The van der Waals surface area contributed by atoms with E-state index in [2.05, 4.69) is 13.1 Å². The van der Waals surface area contributed by atoms with E-state index in [0.717, 1.165) is 0 Å². The van der Waals surface area contributed by atoms with Crippen LogP contribution in [0.2, 0.25) is 0 Å². The number of pyridine rings is 2. The summed E-state index contributed by atoms with van der Waals surface area (Å²) < 4.78 is 63.6. The molecule has 4 rings (SSSR count). The topological polar surface area (TPSA) is 333 Å². The summed E-state index contributed by atoms with van der Waals surface area (Å²) in [5, 5.41) is 41.5. The zero-order chi connectivity index (χ0) is 34.9. The molecule has 0 spiro atoms. The number of aliphatic hydroxyl groups is 4. The number of nitrogens with zero attached hydrogens (tertiary/aromatic N) is 2. The summed E-state index contributed by atoms with van der Waals surface area (Å²) in [4.78, 5) is 52.9. The molecule has 0 radical (unpaired) electrons.